The fourth-order valence-corrected chi connectivity index (χ4v) is 10.7. The van der Waals surface area contributed by atoms with E-state index in [-0.39, 0.29) is 76.0 Å². The Balaban J connectivity index is 1.04. The Bertz CT molecular complexity index is 2620. The summed E-state index contributed by atoms with van der Waals surface area (Å²) in [5.74, 6) is -5.96. The summed E-state index contributed by atoms with van der Waals surface area (Å²) in [6, 6.07) is 10.1. The van der Waals surface area contributed by atoms with Gasteiger partial charge in [-0.25, -0.2) is 0 Å². The third-order valence-corrected chi connectivity index (χ3v) is 15.1. The molecule has 17 heteroatoms. The van der Waals surface area contributed by atoms with Gasteiger partial charge in [0.15, 0.2) is 0 Å². The molecule has 6 N–H and O–H groups in total. The highest BCUT2D eigenvalue weighted by molar-refractivity contribution is 6.34. The fraction of sp³-hybridized carbons (Fsp3) is 0.536. The number of aliphatic hydroxyl groups is 2. The van der Waals surface area contributed by atoms with Gasteiger partial charge in [0.05, 0.1) is 41.0 Å². The van der Waals surface area contributed by atoms with Crippen LogP contribution in [-0.2, 0) is 30.4 Å². The molecule has 1 aliphatic carbocycles. The number of nitrogens with one attached hydrogen (secondary N) is 3. The summed E-state index contributed by atoms with van der Waals surface area (Å²) in [5, 5.41) is 43.7. The molecule has 6 heterocycles. The number of phenolic OH excluding ortho intramolecular Hbond substituents is 1. The maximum Gasteiger partial charge on any atom is 0.315 e. The molecule has 3 unspecified atom stereocenters. The van der Waals surface area contributed by atoms with E-state index in [1.807, 2.05) is 25.1 Å². The van der Waals surface area contributed by atoms with Gasteiger partial charge in [-0.05, 0) is 63.0 Å². The Labute approximate surface area is 427 Å². The van der Waals surface area contributed by atoms with Crippen LogP contribution in [0.3, 0.4) is 0 Å². The first-order valence-electron chi connectivity index (χ1n) is 25.9. The molecule has 2 aromatic carbocycles. The number of nitrogens with zero attached hydrogens (tertiary/aromatic N) is 3. The second kappa shape index (κ2) is 22.1. The van der Waals surface area contributed by atoms with Gasteiger partial charge < -0.3 is 50.4 Å². The molecule has 1 spiro atoms. The van der Waals surface area contributed by atoms with E-state index in [1.165, 1.54) is 25.7 Å². The summed E-state index contributed by atoms with van der Waals surface area (Å²) < 4.78 is 18.3. The Kier molecular flexibility index (Phi) is 16.1. The van der Waals surface area contributed by atoms with E-state index in [1.54, 1.807) is 38.2 Å². The summed E-state index contributed by atoms with van der Waals surface area (Å²) in [5.41, 5.74) is 1.01. The van der Waals surface area contributed by atoms with Gasteiger partial charge in [0.1, 0.15) is 35.4 Å². The molecule has 73 heavy (non-hydrogen) atoms. The van der Waals surface area contributed by atoms with Gasteiger partial charge in [-0.1, -0.05) is 76.3 Å². The van der Waals surface area contributed by atoms with Gasteiger partial charge >= 0.3 is 11.8 Å². The Morgan fingerprint density at radius 1 is 0.959 bits per heavy atom. The summed E-state index contributed by atoms with van der Waals surface area (Å²) in [7, 11) is 0. The van der Waals surface area contributed by atoms with Crippen molar-refractivity contribution >= 4 is 35.1 Å². The lowest BCUT2D eigenvalue weighted by atomic mass is 9.82. The lowest BCUT2D eigenvalue weighted by molar-refractivity contribution is -0.155. The molecule has 0 saturated carbocycles. The molecule has 2 amide bonds. The van der Waals surface area contributed by atoms with Crippen molar-refractivity contribution in [3.63, 3.8) is 0 Å². The molecule has 2 aromatic rings. The minimum absolute atomic E-state index is 0.0196. The van der Waals surface area contributed by atoms with Crippen LogP contribution >= 0.6 is 0 Å². The predicted octanol–water partition coefficient (Wildman–Crippen LogP) is 5.65. The van der Waals surface area contributed by atoms with E-state index >= 15 is 0 Å². The van der Waals surface area contributed by atoms with Gasteiger partial charge in [0.2, 0.25) is 11.7 Å². The zero-order chi connectivity index (χ0) is 52.4. The Morgan fingerprint density at radius 3 is 2.37 bits per heavy atom. The number of aromatic hydroxyl groups is 1. The highest BCUT2D eigenvalue weighted by Gasteiger charge is 2.54. The zero-order valence-electron chi connectivity index (χ0n) is 43.2. The van der Waals surface area contributed by atoms with Crippen LogP contribution in [0.15, 0.2) is 82.9 Å². The molecule has 7 aliphatic rings. The number of rotatable bonds is 8. The van der Waals surface area contributed by atoms with Crippen LogP contribution in [0.2, 0.25) is 0 Å². The minimum Gasteiger partial charge on any atom is -0.507 e. The van der Waals surface area contributed by atoms with Gasteiger partial charge in [-0.3, -0.25) is 33.9 Å². The average molecular weight is 1010 g/mol. The molecule has 2 fully saturated rings. The van der Waals surface area contributed by atoms with Crippen molar-refractivity contribution in [1.29, 1.82) is 0 Å². The average Bonchev–Trinajstić information content (AvgIpc) is 3.84. The van der Waals surface area contributed by atoms with Crippen LogP contribution in [-0.4, -0.2) is 129 Å². The van der Waals surface area contributed by atoms with Crippen LogP contribution in [0.4, 0.5) is 0 Å². The van der Waals surface area contributed by atoms with E-state index in [2.05, 4.69) is 51.7 Å². The van der Waals surface area contributed by atoms with E-state index < -0.39 is 83.1 Å². The third kappa shape index (κ3) is 11.8. The number of aliphatic hydroxyl groups excluding tert-OH is 2. The Hall–Kier alpha value is -6.14. The molecule has 9 rings (SSSR count). The second-order valence-corrected chi connectivity index (χ2v) is 21.4. The number of hydrogen-bond acceptors (Lipinski definition) is 15. The van der Waals surface area contributed by atoms with Crippen LogP contribution in [0, 0.1) is 24.7 Å². The molecular weight excluding hydrogens is 933 g/mol. The number of Topliss-reactive ketones (excluding diaryl/α,β-unsaturated/α-hetero) is 2. The lowest BCUT2D eigenvalue weighted by Crippen LogP contribution is -2.50. The molecule has 392 valence electrons. The number of ketones is 2. The van der Waals surface area contributed by atoms with E-state index in [0.717, 1.165) is 39.0 Å². The van der Waals surface area contributed by atoms with Crippen LogP contribution in [0.1, 0.15) is 130 Å². The van der Waals surface area contributed by atoms with Crippen molar-refractivity contribution in [2.45, 2.75) is 142 Å². The molecule has 5 bridgehead atoms. The molecule has 17 nitrogen and oxygen atoms in total. The van der Waals surface area contributed by atoms with E-state index in [9.17, 15) is 39.3 Å². The van der Waals surface area contributed by atoms with Crippen LogP contribution in [0.5, 0.6) is 11.5 Å². The maximum atomic E-state index is 14.8. The molecule has 0 radical (unpaired) electrons. The zero-order valence-corrected chi connectivity index (χ0v) is 43.2. The van der Waals surface area contributed by atoms with Crippen molar-refractivity contribution in [3.05, 3.63) is 106 Å². The highest BCUT2D eigenvalue weighted by Crippen LogP contribution is 2.50. The van der Waals surface area contributed by atoms with Crippen molar-refractivity contribution in [1.82, 2.24) is 25.8 Å². The standard InChI is InChI=1S/C56H72N6O11/c1-32(2)30-62-24-20-56(21-25-62)59-47-44-45-50(67)36(6)52-46(44)53(69)55(7,73-52)71-26-12-15-34(4)41(72-43(66)29-42(65)57-38-18-22-61(23-19-38)31-37-16-9-8-10-17-37)28-39(63)27-40(64)33(3)13-11-14-35(5)54(70)58-49(51(45)68)48(47)60-56/h8-14,16-17,26,32-34,38-41,60,63-64,67H,15,18-25,27-31H2,1-7H3,(H,57,65)(H,58,70)/b13-11+,26-12+,35-14-/t33?,34-,39?,40-,41+,55?/m1/s1. The molecule has 2 saturated heterocycles. The topological polar surface area (TPSA) is 229 Å². The first-order valence-corrected chi connectivity index (χ1v) is 25.9. The predicted molar refractivity (Wildman–Crippen MR) is 273 cm³/mol. The molecule has 6 atom stereocenters. The van der Waals surface area contributed by atoms with Gasteiger partial charge in [0.25, 0.3) is 11.7 Å². The van der Waals surface area contributed by atoms with Gasteiger partial charge in [-0.15, -0.1) is 0 Å². The summed E-state index contributed by atoms with van der Waals surface area (Å²) in [6.07, 6.45) is 6.97. The summed E-state index contributed by atoms with van der Waals surface area (Å²) in [4.78, 5) is 80.1. The van der Waals surface area contributed by atoms with E-state index in [0.29, 0.717) is 31.8 Å². The minimum atomic E-state index is -1.95. The smallest absolute Gasteiger partial charge is 0.315 e. The molecular formula is C56H72N6O11. The Morgan fingerprint density at radius 2 is 1.67 bits per heavy atom. The number of hydrogen-bond donors (Lipinski definition) is 6. The summed E-state index contributed by atoms with van der Waals surface area (Å²) >= 11 is 0. The van der Waals surface area contributed by atoms with Gasteiger partial charge in [0, 0.05) is 94.1 Å². The largest absolute Gasteiger partial charge is 0.507 e. The number of carbonyl (C=O) groups excluding carboxylic acids is 5. The number of amides is 2. The van der Waals surface area contributed by atoms with Gasteiger partial charge in [-0.2, -0.15) is 0 Å². The highest BCUT2D eigenvalue weighted by atomic mass is 16.7. The van der Waals surface area contributed by atoms with Crippen molar-refractivity contribution in [3.8, 4) is 11.5 Å². The number of ether oxygens (including phenoxy) is 3. The summed E-state index contributed by atoms with van der Waals surface area (Å²) in [6.45, 7) is 17.2. The van der Waals surface area contributed by atoms with Crippen molar-refractivity contribution < 1.29 is 53.5 Å². The number of likely N-dealkylation sites (tertiary alicyclic amines) is 2. The number of benzene rings is 2. The first kappa shape index (κ1) is 53.2. The number of aliphatic imine (C=N–C) groups is 1. The monoisotopic (exact) mass is 1000 g/mol. The second-order valence-electron chi connectivity index (χ2n) is 21.4. The van der Waals surface area contributed by atoms with Crippen molar-refractivity contribution in [2.24, 2.45) is 22.7 Å². The number of phenols is 1. The number of fused-ring (bicyclic) bond motifs is 13. The fourth-order valence-electron chi connectivity index (χ4n) is 10.7. The quantitative estimate of drug-likeness (QED) is 0.139. The van der Waals surface area contributed by atoms with Crippen LogP contribution < -0.4 is 20.7 Å². The normalized spacial score (nSPS) is 28.8. The lowest BCUT2D eigenvalue weighted by Gasteiger charge is -2.38. The van der Waals surface area contributed by atoms with Crippen LogP contribution in [0.25, 0.3) is 0 Å². The number of esters is 1. The number of piperidine rings is 2. The SMILES string of the molecule is C/C1=C/C=C/C(C)[C@H](O)CC(O)C[C@H](OC(=O)CC(=O)NC2CCN(Cc3ccccc3)CC2)[C@H](C)C/C=C/OC2(C)Oc3c(C)c(O)c4c(c3C2=O)C2=NC3(CCN(CC(C)C)CC3)NC2=C(NC1=O)C4=O. The molecule has 6 aliphatic heterocycles. The third-order valence-electron chi connectivity index (χ3n) is 15.1. The maximum absolute atomic E-state index is 14.8. The number of allylic oxidation sites excluding steroid dienone is 5. The first-order chi connectivity index (χ1) is 34.7. The van der Waals surface area contributed by atoms with Crippen molar-refractivity contribution in [2.75, 3.05) is 32.7 Å². The number of carbonyl (C=O) groups is 5. The molecule has 0 aromatic heterocycles. The van der Waals surface area contributed by atoms with E-state index in [4.69, 9.17) is 19.2 Å².